The number of carbonyl (C=O) groups is 1. The lowest BCUT2D eigenvalue weighted by atomic mass is 9.92. The normalized spacial score (nSPS) is 22.7. The summed E-state index contributed by atoms with van der Waals surface area (Å²) in [4.78, 5) is 24.5. The minimum absolute atomic E-state index is 0.0303. The molecule has 1 aromatic carbocycles. The van der Waals surface area contributed by atoms with Crippen LogP contribution < -0.4 is 9.47 Å². The molecule has 0 aliphatic carbocycles. The smallest absolute Gasteiger partial charge is 0.254 e. The molecule has 5 rings (SSSR count). The van der Waals surface area contributed by atoms with Gasteiger partial charge in [-0.1, -0.05) is 11.8 Å². The molecule has 31 heavy (non-hydrogen) atoms. The Labute approximate surface area is 186 Å². The first kappa shape index (κ1) is 20.6. The molecule has 2 atom stereocenters. The molecule has 3 aliphatic rings. The second-order valence-corrected chi connectivity index (χ2v) is 9.31. The van der Waals surface area contributed by atoms with E-state index in [1.54, 1.807) is 17.8 Å². The summed E-state index contributed by atoms with van der Waals surface area (Å²) in [5, 5.41) is 0.801. The zero-order valence-corrected chi connectivity index (χ0v) is 18.5. The van der Waals surface area contributed by atoms with Crippen molar-refractivity contribution < 1.29 is 19.0 Å². The lowest BCUT2D eigenvalue weighted by Gasteiger charge is -2.33. The molecule has 0 saturated carbocycles. The Morgan fingerprint density at radius 1 is 1.23 bits per heavy atom. The number of aryl methyl sites for hydroxylation is 1. The number of thioether (sulfide) groups is 1. The van der Waals surface area contributed by atoms with Gasteiger partial charge in [0.15, 0.2) is 16.7 Å². The Morgan fingerprint density at radius 3 is 3.00 bits per heavy atom. The van der Waals surface area contributed by atoms with E-state index >= 15 is 0 Å². The molecule has 2 aromatic rings. The zero-order chi connectivity index (χ0) is 21.2. The monoisotopic (exact) mass is 441 g/mol. The third-order valence-electron chi connectivity index (χ3n) is 6.13. The summed E-state index contributed by atoms with van der Waals surface area (Å²) in [6.07, 6.45) is 6.47. The Kier molecular flexibility index (Phi) is 6.00. The molecule has 1 amide bonds. The van der Waals surface area contributed by atoms with Crippen molar-refractivity contribution in [2.75, 3.05) is 32.2 Å². The number of ether oxygens (including phenoxy) is 3. The Bertz CT molecular complexity index is 964. The van der Waals surface area contributed by atoms with Crippen LogP contribution in [0.3, 0.4) is 0 Å². The van der Waals surface area contributed by atoms with E-state index in [9.17, 15) is 4.79 Å². The average Bonchev–Trinajstić information content (AvgIpc) is 3.49. The summed E-state index contributed by atoms with van der Waals surface area (Å²) in [6.45, 7) is 4.55. The molecule has 1 aromatic heterocycles. The Hall–Kier alpha value is -2.32. The van der Waals surface area contributed by atoms with Crippen molar-refractivity contribution >= 4 is 17.7 Å². The van der Waals surface area contributed by atoms with Crippen molar-refractivity contribution in [1.82, 2.24) is 14.9 Å². The van der Waals surface area contributed by atoms with E-state index in [4.69, 9.17) is 19.2 Å². The molecule has 0 radical (unpaired) electrons. The van der Waals surface area contributed by atoms with Gasteiger partial charge < -0.3 is 19.1 Å². The number of aromatic nitrogens is 2. The minimum Gasteiger partial charge on any atom is -0.454 e. The van der Waals surface area contributed by atoms with E-state index in [-0.39, 0.29) is 18.6 Å². The fraction of sp³-hybridized carbons (Fsp3) is 0.522. The average molecular weight is 442 g/mol. The number of hydrogen-bond acceptors (Lipinski definition) is 7. The van der Waals surface area contributed by atoms with Crippen LogP contribution in [-0.2, 0) is 4.74 Å². The number of nitrogens with zero attached hydrogens (tertiary/aromatic N) is 3. The lowest BCUT2D eigenvalue weighted by Crippen LogP contribution is -2.39. The summed E-state index contributed by atoms with van der Waals surface area (Å²) in [5.74, 6) is 2.47. The van der Waals surface area contributed by atoms with Gasteiger partial charge in [0.05, 0.1) is 11.8 Å². The summed E-state index contributed by atoms with van der Waals surface area (Å²) < 4.78 is 16.5. The van der Waals surface area contributed by atoms with Crippen molar-refractivity contribution in [3.8, 4) is 11.5 Å². The van der Waals surface area contributed by atoms with Gasteiger partial charge in [-0.05, 0) is 56.4 Å². The number of rotatable bonds is 5. The molecule has 0 bridgehead atoms. The number of likely N-dealkylation sites (tertiary alicyclic amines) is 1. The van der Waals surface area contributed by atoms with Gasteiger partial charge in [-0.3, -0.25) is 4.79 Å². The van der Waals surface area contributed by atoms with Crippen LogP contribution in [0.25, 0.3) is 0 Å². The molecule has 0 unspecified atom stereocenters. The van der Waals surface area contributed by atoms with Crippen LogP contribution in [0, 0.1) is 6.92 Å². The lowest BCUT2D eigenvalue weighted by molar-refractivity contribution is 0.0705. The largest absolute Gasteiger partial charge is 0.454 e. The van der Waals surface area contributed by atoms with Gasteiger partial charge in [0.25, 0.3) is 5.91 Å². The highest BCUT2D eigenvalue weighted by Gasteiger charge is 2.29. The van der Waals surface area contributed by atoms with Gasteiger partial charge >= 0.3 is 0 Å². The highest BCUT2D eigenvalue weighted by Crippen LogP contribution is 2.34. The first-order valence-electron chi connectivity index (χ1n) is 10.9. The van der Waals surface area contributed by atoms with Gasteiger partial charge in [0.1, 0.15) is 0 Å². The predicted molar refractivity (Wildman–Crippen MR) is 117 cm³/mol. The first-order chi connectivity index (χ1) is 15.2. The fourth-order valence-corrected chi connectivity index (χ4v) is 5.35. The van der Waals surface area contributed by atoms with Crippen molar-refractivity contribution in [2.45, 2.75) is 49.8 Å². The zero-order valence-electron chi connectivity index (χ0n) is 17.7. The maximum absolute atomic E-state index is 13.2. The number of carbonyl (C=O) groups excluding carboxylic acids is 1. The fourth-order valence-electron chi connectivity index (χ4n) is 4.46. The third-order valence-corrected chi connectivity index (χ3v) is 7.12. The quantitative estimate of drug-likeness (QED) is 0.516. The Morgan fingerprint density at radius 2 is 2.13 bits per heavy atom. The number of piperidine rings is 1. The summed E-state index contributed by atoms with van der Waals surface area (Å²) in [6, 6.07) is 5.41. The van der Waals surface area contributed by atoms with Crippen LogP contribution in [0.1, 0.15) is 53.2 Å². The second-order valence-electron chi connectivity index (χ2n) is 8.33. The van der Waals surface area contributed by atoms with Gasteiger partial charge in [-0.2, -0.15) is 0 Å². The molecular formula is C23H27N3O4S. The van der Waals surface area contributed by atoms with E-state index in [1.165, 1.54) is 0 Å². The van der Waals surface area contributed by atoms with Crippen molar-refractivity contribution in [3.05, 3.63) is 41.2 Å². The molecular weight excluding hydrogens is 414 g/mol. The highest BCUT2D eigenvalue weighted by molar-refractivity contribution is 7.99. The highest BCUT2D eigenvalue weighted by atomic mass is 32.2. The maximum atomic E-state index is 13.2. The standard InChI is InChI=1S/C23H27N3O4S/c1-15-11-24-23(31-13-18-5-3-9-28-18)25-21(15)17-4-2-8-26(12-17)22(27)16-6-7-19-20(10-16)30-14-29-19/h6-7,10-11,17-18H,2-5,8-9,12-14H2,1H3/t17-,18-/m0/s1. The second kappa shape index (κ2) is 9.04. The minimum atomic E-state index is 0.0303. The van der Waals surface area contributed by atoms with Crippen molar-refractivity contribution in [2.24, 2.45) is 0 Å². The SMILES string of the molecule is Cc1cnc(SC[C@@H]2CCCO2)nc1[C@H]1CCCN(C(=O)c2ccc3c(c2)OCO3)C1. The van der Waals surface area contributed by atoms with Gasteiger partial charge in [0.2, 0.25) is 6.79 Å². The Balaban J connectivity index is 1.28. The van der Waals surface area contributed by atoms with Gasteiger partial charge in [-0.25, -0.2) is 9.97 Å². The molecule has 0 spiro atoms. The van der Waals surface area contributed by atoms with Crippen LogP contribution >= 0.6 is 11.8 Å². The van der Waals surface area contributed by atoms with Crippen LogP contribution in [0.4, 0.5) is 0 Å². The number of hydrogen-bond donors (Lipinski definition) is 0. The number of amides is 1. The summed E-state index contributed by atoms with van der Waals surface area (Å²) >= 11 is 1.67. The molecule has 8 heteroatoms. The molecule has 4 heterocycles. The van der Waals surface area contributed by atoms with Crippen LogP contribution in [0.2, 0.25) is 0 Å². The molecule has 2 fully saturated rings. The van der Waals surface area contributed by atoms with Crippen LogP contribution in [0.15, 0.2) is 29.6 Å². The van der Waals surface area contributed by atoms with E-state index in [0.717, 1.165) is 61.0 Å². The molecule has 7 nitrogen and oxygen atoms in total. The topological polar surface area (TPSA) is 73.8 Å². The molecule has 0 N–H and O–H groups in total. The van der Waals surface area contributed by atoms with Crippen LogP contribution in [-0.4, -0.2) is 59.1 Å². The third kappa shape index (κ3) is 4.50. The van der Waals surface area contributed by atoms with Crippen molar-refractivity contribution in [1.29, 1.82) is 0 Å². The molecule has 164 valence electrons. The summed E-state index contributed by atoms with van der Waals surface area (Å²) in [7, 11) is 0. The van der Waals surface area contributed by atoms with Crippen molar-refractivity contribution in [3.63, 3.8) is 0 Å². The van der Waals surface area contributed by atoms with E-state index in [1.807, 2.05) is 23.2 Å². The predicted octanol–water partition coefficient (Wildman–Crippen LogP) is 3.80. The summed E-state index contributed by atoms with van der Waals surface area (Å²) in [5.41, 5.74) is 2.79. The van der Waals surface area contributed by atoms with E-state index in [0.29, 0.717) is 29.7 Å². The molecule has 2 saturated heterocycles. The van der Waals surface area contributed by atoms with Gasteiger partial charge in [-0.15, -0.1) is 0 Å². The van der Waals surface area contributed by atoms with E-state index in [2.05, 4.69) is 11.9 Å². The molecule has 3 aliphatic heterocycles. The van der Waals surface area contributed by atoms with Gasteiger partial charge in [0, 0.05) is 43.1 Å². The van der Waals surface area contributed by atoms with Crippen LogP contribution in [0.5, 0.6) is 11.5 Å². The van der Waals surface area contributed by atoms with E-state index < -0.39 is 0 Å². The maximum Gasteiger partial charge on any atom is 0.254 e. The first-order valence-corrected chi connectivity index (χ1v) is 11.9. The number of fused-ring (bicyclic) bond motifs is 1. The number of benzene rings is 1.